The van der Waals surface area contributed by atoms with Gasteiger partial charge in [-0.1, -0.05) is 55.4 Å². The van der Waals surface area contributed by atoms with Gasteiger partial charge in [0.25, 0.3) is 0 Å². The summed E-state index contributed by atoms with van der Waals surface area (Å²) in [7, 11) is 0. The first-order valence-electron chi connectivity index (χ1n) is 11.9. The quantitative estimate of drug-likeness (QED) is 0.184. The van der Waals surface area contributed by atoms with Crippen molar-refractivity contribution in [2.75, 3.05) is 13.2 Å². The molecule has 1 atom stereocenters. The van der Waals surface area contributed by atoms with Gasteiger partial charge in [0.15, 0.2) is 0 Å². The Balaban J connectivity index is 5.43. The Kier molecular flexibility index (Phi) is 10.6. The molecular weight excluding hydrogens is 404 g/mol. The zero-order valence-electron chi connectivity index (χ0n) is 23.0. The first kappa shape index (κ1) is 31.0. The van der Waals surface area contributed by atoms with Gasteiger partial charge < -0.3 is 9.84 Å². The normalized spacial score (nSPS) is 14.9. The molecule has 3 N–H and O–H groups in total. The molecule has 0 radical (unpaired) electrons. The number of hydrogen-bond acceptors (Lipinski definition) is 5. The molecule has 1 unspecified atom stereocenters. The highest BCUT2D eigenvalue weighted by atomic mass is 16.5. The average molecular weight is 457 g/mol. The van der Waals surface area contributed by atoms with Crippen LogP contribution in [0, 0.1) is 22.2 Å². The van der Waals surface area contributed by atoms with Crippen LogP contribution in [0.5, 0.6) is 0 Å². The van der Waals surface area contributed by atoms with E-state index in [2.05, 4.69) is 20.8 Å². The molecule has 0 aromatic heterocycles. The minimum atomic E-state index is -0.787. The van der Waals surface area contributed by atoms with Crippen LogP contribution in [0.2, 0.25) is 0 Å². The molecule has 0 aliphatic heterocycles. The Morgan fingerprint density at radius 2 is 1.38 bits per heavy atom. The third-order valence-corrected chi connectivity index (χ3v) is 5.49. The van der Waals surface area contributed by atoms with Crippen LogP contribution in [0.15, 0.2) is 0 Å². The Bertz CT molecular complexity index is 619. The van der Waals surface area contributed by atoms with Crippen molar-refractivity contribution in [2.24, 2.45) is 28.0 Å². The molecule has 0 aromatic rings. The second-order valence-corrected chi connectivity index (χ2v) is 13.8. The molecule has 6 heteroatoms. The lowest BCUT2D eigenvalue weighted by molar-refractivity contribution is -0.148. The number of amides is 1. The maximum absolute atomic E-state index is 13.5. The summed E-state index contributed by atoms with van der Waals surface area (Å²) < 4.78 is 5.92. The van der Waals surface area contributed by atoms with E-state index in [0.29, 0.717) is 32.4 Å². The van der Waals surface area contributed by atoms with E-state index in [9.17, 15) is 14.7 Å². The van der Waals surface area contributed by atoms with E-state index in [-0.39, 0.29) is 22.5 Å². The second kappa shape index (κ2) is 11.0. The summed E-state index contributed by atoms with van der Waals surface area (Å²) in [4.78, 5) is 26.8. The third kappa shape index (κ3) is 12.9. The van der Waals surface area contributed by atoms with Crippen LogP contribution in [0.25, 0.3) is 0 Å². The minimum Gasteiger partial charge on any atom is -0.390 e. The van der Waals surface area contributed by atoms with Crippen LogP contribution in [0.3, 0.4) is 0 Å². The lowest BCUT2D eigenvalue weighted by Crippen LogP contribution is -2.51. The number of ketones is 1. The van der Waals surface area contributed by atoms with E-state index in [1.807, 2.05) is 48.5 Å². The molecule has 6 nitrogen and oxygen atoms in total. The summed E-state index contributed by atoms with van der Waals surface area (Å²) >= 11 is 0. The number of nitrogens with two attached hydrogens (primary N) is 1. The number of ether oxygens (including phenoxy) is 1. The molecule has 0 fully saturated rings. The van der Waals surface area contributed by atoms with E-state index in [1.54, 1.807) is 13.8 Å². The van der Waals surface area contributed by atoms with Gasteiger partial charge >= 0.3 is 0 Å². The third-order valence-electron chi connectivity index (χ3n) is 5.49. The maximum atomic E-state index is 13.5. The van der Waals surface area contributed by atoms with Crippen molar-refractivity contribution in [1.29, 1.82) is 0 Å². The number of Topliss-reactive ketones (excluding diaryl/α,β-unsaturated/α-hetero) is 1. The van der Waals surface area contributed by atoms with Gasteiger partial charge in [-0.25, -0.2) is 5.84 Å². The summed E-state index contributed by atoms with van der Waals surface area (Å²) in [6.07, 6.45) is 2.11. The Morgan fingerprint density at radius 1 is 0.875 bits per heavy atom. The summed E-state index contributed by atoms with van der Waals surface area (Å²) in [5.74, 6) is 5.07. The van der Waals surface area contributed by atoms with Crippen LogP contribution in [-0.4, -0.2) is 46.2 Å². The Morgan fingerprint density at radius 3 is 1.78 bits per heavy atom. The van der Waals surface area contributed by atoms with Gasteiger partial charge in [-0.2, -0.15) is 0 Å². The molecule has 0 saturated carbocycles. The molecule has 0 aromatic carbocycles. The molecule has 0 bridgehead atoms. The number of aliphatic hydroxyl groups is 1. The van der Waals surface area contributed by atoms with E-state index < -0.39 is 22.5 Å². The highest BCUT2D eigenvalue weighted by Crippen LogP contribution is 2.41. The van der Waals surface area contributed by atoms with Crippen LogP contribution in [0.4, 0.5) is 0 Å². The number of hydrogen-bond donors (Lipinski definition) is 2. The topological polar surface area (TPSA) is 92.9 Å². The lowest BCUT2D eigenvalue weighted by atomic mass is 9.65. The van der Waals surface area contributed by atoms with E-state index in [0.717, 1.165) is 6.42 Å². The maximum Gasteiger partial charge on any atom is 0.247 e. The van der Waals surface area contributed by atoms with Crippen LogP contribution >= 0.6 is 0 Å². The van der Waals surface area contributed by atoms with Gasteiger partial charge in [0.2, 0.25) is 5.91 Å². The fourth-order valence-corrected chi connectivity index (χ4v) is 4.32. The Hall–Kier alpha value is -0.980. The predicted molar refractivity (Wildman–Crippen MR) is 132 cm³/mol. The Labute approximate surface area is 197 Å². The SMILES string of the molecule is CC(C)(C)CC(=O)C(C(=O)N(N)CCC(C)(C)OCCC(C)(C)O)C(C)(C)CC(C)(C)C. The van der Waals surface area contributed by atoms with Gasteiger partial charge in [-0.3, -0.25) is 14.6 Å². The largest absolute Gasteiger partial charge is 0.390 e. The highest BCUT2D eigenvalue weighted by molar-refractivity contribution is 6.02. The van der Waals surface area contributed by atoms with Crippen LogP contribution < -0.4 is 5.84 Å². The minimum absolute atomic E-state index is 0.0280. The highest BCUT2D eigenvalue weighted by Gasteiger charge is 2.44. The number of carbonyl (C=O) groups excluding carboxylic acids is 2. The van der Waals surface area contributed by atoms with Crippen molar-refractivity contribution in [3.8, 4) is 0 Å². The van der Waals surface area contributed by atoms with Crippen molar-refractivity contribution in [1.82, 2.24) is 5.01 Å². The number of nitrogens with zero attached hydrogens (tertiary/aromatic N) is 1. The monoisotopic (exact) mass is 456 g/mol. The summed E-state index contributed by atoms with van der Waals surface area (Å²) in [5, 5.41) is 11.1. The smallest absolute Gasteiger partial charge is 0.247 e. The molecule has 32 heavy (non-hydrogen) atoms. The van der Waals surface area contributed by atoms with E-state index >= 15 is 0 Å². The van der Waals surface area contributed by atoms with E-state index in [4.69, 9.17) is 10.6 Å². The van der Waals surface area contributed by atoms with Gasteiger partial charge in [0, 0.05) is 13.0 Å². The fraction of sp³-hybridized carbons (Fsp3) is 0.923. The first-order chi connectivity index (χ1) is 14.0. The number of hydrazine groups is 1. The molecule has 190 valence electrons. The molecular formula is C26H52N2O4. The fourth-order valence-electron chi connectivity index (χ4n) is 4.32. The molecule has 0 aliphatic carbocycles. The summed E-state index contributed by atoms with van der Waals surface area (Å²) in [5.41, 5.74) is -2.04. The predicted octanol–water partition coefficient (Wildman–Crippen LogP) is 5.12. The van der Waals surface area contributed by atoms with Crippen molar-refractivity contribution < 1.29 is 19.4 Å². The first-order valence-corrected chi connectivity index (χ1v) is 11.9. The molecule has 0 rings (SSSR count). The zero-order chi connectivity index (χ0) is 25.8. The van der Waals surface area contributed by atoms with Crippen LogP contribution in [-0.2, 0) is 14.3 Å². The molecule has 0 saturated heterocycles. The zero-order valence-corrected chi connectivity index (χ0v) is 23.0. The average Bonchev–Trinajstić information content (AvgIpc) is 2.46. The number of rotatable bonds is 12. The molecule has 0 heterocycles. The summed E-state index contributed by atoms with van der Waals surface area (Å²) in [6.45, 7) is 24.5. The van der Waals surface area contributed by atoms with Crippen LogP contribution in [0.1, 0.15) is 109 Å². The van der Waals surface area contributed by atoms with Crippen molar-refractivity contribution >= 4 is 11.7 Å². The number of carbonyl (C=O) groups is 2. The summed E-state index contributed by atoms with van der Waals surface area (Å²) in [6, 6.07) is 0. The van der Waals surface area contributed by atoms with Gasteiger partial charge in [-0.15, -0.1) is 0 Å². The molecule has 1 amide bonds. The van der Waals surface area contributed by atoms with Gasteiger partial charge in [0.05, 0.1) is 17.8 Å². The molecule has 0 aliphatic rings. The molecule has 0 spiro atoms. The van der Waals surface area contributed by atoms with Gasteiger partial charge in [-0.05, 0) is 63.2 Å². The van der Waals surface area contributed by atoms with Crippen molar-refractivity contribution in [2.45, 2.75) is 120 Å². The van der Waals surface area contributed by atoms with Crippen molar-refractivity contribution in [3.63, 3.8) is 0 Å². The lowest BCUT2D eigenvalue weighted by Gasteiger charge is -2.40. The van der Waals surface area contributed by atoms with Gasteiger partial charge in [0.1, 0.15) is 11.7 Å². The van der Waals surface area contributed by atoms with Crippen molar-refractivity contribution in [3.05, 3.63) is 0 Å². The second-order valence-electron chi connectivity index (χ2n) is 13.8. The standard InChI is InChI=1S/C26H52N2O4/c1-22(2,3)17-19(29)20(24(7,8)18-23(4,5)6)21(30)28(27)15-13-26(11,12)32-16-14-25(9,10)31/h20,31H,13-18,27H2,1-12H3. The van der Waals surface area contributed by atoms with E-state index in [1.165, 1.54) is 5.01 Å².